The summed E-state index contributed by atoms with van der Waals surface area (Å²) in [7, 11) is 1.62. The summed E-state index contributed by atoms with van der Waals surface area (Å²) in [5, 5.41) is 5.64. The molecule has 4 N–H and O–H groups in total. The standard InChI is InChI=1S/C14H23N3O2/c1-4-12(9-19-3)16-14(18)17-13-7-5-11(6-8-13)10(2)15/h5-8,10,12H,4,9,15H2,1-3H3,(H2,16,17,18). The number of carbonyl (C=O) groups excluding carboxylic acids is 1. The van der Waals surface area contributed by atoms with Crippen molar-refractivity contribution in [3.05, 3.63) is 29.8 Å². The lowest BCUT2D eigenvalue weighted by molar-refractivity contribution is 0.165. The molecule has 1 aromatic rings. The zero-order valence-electron chi connectivity index (χ0n) is 11.8. The molecule has 106 valence electrons. The molecule has 2 amide bonds. The molecule has 0 heterocycles. The highest BCUT2D eigenvalue weighted by molar-refractivity contribution is 5.89. The zero-order valence-corrected chi connectivity index (χ0v) is 11.8. The Hall–Kier alpha value is -1.59. The van der Waals surface area contributed by atoms with Gasteiger partial charge in [-0.3, -0.25) is 0 Å². The van der Waals surface area contributed by atoms with E-state index in [2.05, 4.69) is 10.6 Å². The van der Waals surface area contributed by atoms with Crippen LogP contribution < -0.4 is 16.4 Å². The summed E-state index contributed by atoms with van der Waals surface area (Å²) in [6, 6.07) is 7.30. The summed E-state index contributed by atoms with van der Waals surface area (Å²) < 4.78 is 5.03. The smallest absolute Gasteiger partial charge is 0.319 e. The molecule has 1 rings (SSSR count). The van der Waals surface area contributed by atoms with E-state index in [0.717, 1.165) is 17.7 Å². The van der Waals surface area contributed by atoms with Crippen LogP contribution in [0.15, 0.2) is 24.3 Å². The molecular formula is C14H23N3O2. The Balaban J connectivity index is 2.52. The van der Waals surface area contributed by atoms with Crippen LogP contribution in [0.25, 0.3) is 0 Å². The summed E-state index contributed by atoms with van der Waals surface area (Å²) in [5.41, 5.74) is 7.55. The molecule has 2 atom stereocenters. The number of ether oxygens (including phenoxy) is 1. The van der Waals surface area contributed by atoms with Gasteiger partial charge in [0.15, 0.2) is 0 Å². The van der Waals surface area contributed by atoms with E-state index >= 15 is 0 Å². The summed E-state index contributed by atoms with van der Waals surface area (Å²) in [4.78, 5) is 11.8. The molecule has 0 aliphatic carbocycles. The Bertz CT molecular complexity index is 390. The predicted molar refractivity (Wildman–Crippen MR) is 77.2 cm³/mol. The van der Waals surface area contributed by atoms with Crippen LogP contribution in [0.4, 0.5) is 10.5 Å². The van der Waals surface area contributed by atoms with Crippen molar-refractivity contribution in [3.8, 4) is 0 Å². The maximum absolute atomic E-state index is 11.8. The van der Waals surface area contributed by atoms with E-state index in [-0.39, 0.29) is 18.1 Å². The van der Waals surface area contributed by atoms with Crippen molar-refractivity contribution >= 4 is 11.7 Å². The molecule has 1 aromatic carbocycles. The summed E-state index contributed by atoms with van der Waals surface area (Å²) in [6.45, 7) is 4.43. The maximum Gasteiger partial charge on any atom is 0.319 e. The number of carbonyl (C=O) groups is 1. The predicted octanol–water partition coefficient (Wildman–Crippen LogP) is 2.25. The molecule has 0 saturated heterocycles. The van der Waals surface area contributed by atoms with E-state index in [1.54, 1.807) is 7.11 Å². The van der Waals surface area contributed by atoms with Gasteiger partial charge in [-0.25, -0.2) is 4.79 Å². The van der Waals surface area contributed by atoms with Crippen LogP contribution in [0.3, 0.4) is 0 Å². The average molecular weight is 265 g/mol. The fraction of sp³-hybridized carbons (Fsp3) is 0.500. The van der Waals surface area contributed by atoms with Crippen molar-refractivity contribution in [1.82, 2.24) is 5.32 Å². The third-order valence-electron chi connectivity index (χ3n) is 2.89. The van der Waals surface area contributed by atoms with Gasteiger partial charge in [-0.15, -0.1) is 0 Å². The van der Waals surface area contributed by atoms with Crippen LogP contribution >= 0.6 is 0 Å². The zero-order chi connectivity index (χ0) is 14.3. The number of nitrogens with one attached hydrogen (secondary N) is 2. The Morgan fingerprint density at radius 1 is 1.37 bits per heavy atom. The third-order valence-corrected chi connectivity index (χ3v) is 2.89. The number of hydrogen-bond acceptors (Lipinski definition) is 3. The Morgan fingerprint density at radius 3 is 2.47 bits per heavy atom. The first kappa shape index (κ1) is 15.5. The van der Waals surface area contributed by atoms with E-state index in [4.69, 9.17) is 10.5 Å². The van der Waals surface area contributed by atoms with E-state index in [1.807, 2.05) is 38.1 Å². The van der Waals surface area contributed by atoms with Gasteiger partial charge >= 0.3 is 6.03 Å². The lowest BCUT2D eigenvalue weighted by Gasteiger charge is -2.16. The number of methoxy groups -OCH3 is 1. The van der Waals surface area contributed by atoms with E-state index < -0.39 is 0 Å². The molecule has 0 aromatic heterocycles. The highest BCUT2D eigenvalue weighted by Gasteiger charge is 2.10. The topological polar surface area (TPSA) is 76.4 Å². The normalized spacial score (nSPS) is 13.7. The minimum Gasteiger partial charge on any atom is -0.383 e. The lowest BCUT2D eigenvalue weighted by atomic mass is 10.1. The second kappa shape index (κ2) is 7.76. The fourth-order valence-electron chi connectivity index (χ4n) is 1.69. The SMILES string of the molecule is CCC(COC)NC(=O)Nc1ccc(C(C)N)cc1. The first-order chi connectivity index (χ1) is 9.06. The molecule has 2 unspecified atom stereocenters. The second-order valence-electron chi connectivity index (χ2n) is 4.57. The van der Waals surface area contributed by atoms with Crippen LogP contribution in [0.5, 0.6) is 0 Å². The van der Waals surface area contributed by atoms with Gasteiger partial charge in [0, 0.05) is 18.8 Å². The lowest BCUT2D eigenvalue weighted by Crippen LogP contribution is -2.40. The number of anilines is 1. The van der Waals surface area contributed by atoms with Crippen LogP contribution in [-0.4, -0.2) is 25.8 Å². The van der Waals surface area contributed by atoms with Crippen LogP contribution in [-0.2, 0) is 4.74 Å². The number of hydrogen-bond donors (Lipinski definition) is 3. The molecule has 0 aliphatic heterocycles. The van der Waals surface area contributed by atoms with Gasteiger partial charge < -0.3 is 21.1 Å². The molecular weight excluding hydrogens is 242 g/mol. The largest absolute Gasteiger partial charge is 0.383 e. The van der Waals surface area contributed by atoms with Crippen molar-refractivity contribution in [2.45, 2.75) is 32.4 Å². The van der Waals surface area contributed by atoms with Gasteiger partial charge in [-0.05, 0) is 31.0 Å². The van der Waals surface area contributed by atoms with Crippen LogP contribution in [0.2, 0.25) is 0 Å². The van der Waals surface area contributed by atoms with E-state index in [0.29, 0.717) is 6.61 Å². The van der Waals surface area contributed by atoms with Crippen molar-refractivity contribution in [3.63, 3.8) is 0 Å². The van der Waals surface area contributed by atoms with Crippen LogP contribution in [0, 0.1) is 0 Å². The number of rotatable bonds is 6. The van der Waals surface area contributed by atoms with Gasteiger partial charge in [-0.2, -0.15) is 0 Å². The van der Waals surface area contributed by atoms with Crippen molar-refractivity contribution in [1.29, 1.82) is 0 Å². The molecule has 0 aliphatic rings. The molecule has 0 bridgehead atoms. The highest BCUT2D eigenvalue weighted by Crippen LogP contribution is 2.14. The maximum atomic E-state index is 11.8. The number of nitrogens with two attached hydrogens (primary N) is 1. The molecule has 19 heavy (non-hydrogen) atoms. The molecule has 0 spiro atoms. The highest BCUT2D eigenvalue weighted by atomic mass is 16.5. The molecule has 5 heteroatoms. The number of benzene rings is 1. The first-order valence-corrected chi connectivity index (χ1v) is 6.48. The monoisotopic (exact) mass is 265 g/mol. The quantitative estimate of drug-likeness (QED) is 0.738. The summed E-state index contributed by atoms with van der Waals surface area (Å²) in [5.74, 6) is 0. The Kier molecular flexibility index (Phi) is 6.32. The fourth-order valence-corrected chi connectivity index (χ4v) is 1.69. The first-order valence-electron chi connectivity index (χ1n) is 6.48. The van der Waals surface area contributed by atoms with Crippen molar-refractivity contribution < 1.29 is 9.53 Å². The van der Waals surface area contributed by atoms with Crippen molar-refractivity contribution in [2.24, 2.45) is 5.73 Å². The minimum absolute atomic E-state index is 0.00551. The molecule has 0 saturated carbocycles. The number of urea groups is 1. The second-order valence-corrected chi connectivity index (χ2v) is 4.57. The molecule has 0 fully saturated rings. The van der Waals surface area contributed by atoms with Gasteiger partial charge in [0.2, 0.25) is 0 Å². The molecule has 5 nitrogen and oxygen atoms in total. The van der Waals surface area contributed by atoms with E-state index in [1.165, 1.54) is 0 Å². The average Bonchev–Trinajstić information content (AvgIpc) is 2.38. The van der Waals surface area contributed by atoms with Gasteiger partial charge in [0.25, 0.3) is 0 Å². The van der Waals surface area contributed by atoms with Gasteiger partial charge in [0.1, 0.15) is 0 Å². The van der Waals surface area contributed by atoms with Crippen molar-refractivity contribution in [2.75, 3.05) is 19.0 Å². The summed E-state index contributed by atoms with van der Waals surface area (Å²) in [6.07, 6.45) is 0.824. The molecule has 0 radical (unpaired) electrons. The Labute approximate surface area is 114 Å². The number of amides is 2. The van der Waals surface area contributed by atoms with Gasteiger partial charge in [0.05, 0.1) is 12.6 Å². The van der Waals surface area contributed by atoms with Gasteiger partial charge in [-0.1, -0.05) is 19.1 Å². The Morgan fingerprint density at radius 2 is 2.00 bits per heavy atom. The van der Waals surface area contributed by atoms with Crippen LogP contribution in [0.1, 0.15) is 31.9 Å². The van der Waals surface area contributed by atoms with E-state index in [9.17, 15) is 4.79 Å². The minimum atomic E-state index is -0.225. The third kappa shape index (κ3) is 5.28. The summed E-state index contributed by atoms with van der Waals surface area (Å²) >= 11 is 0.